The van der Waals surface area contributed by atoms with E-state index in [0.29, 0.717) is 5.02 Å². The molecule has 0 aliphatic heterocycles. The van der Waals surface area contributed by atoms with Crippen molar-refractivity contribution >= 4 is 50.9 Å². The van der Waals surface area contributed by atoms with Crippen molar-refractivity contribution in [3.05, 3.63) is 23.2 Å². The van der Waals surface area contributed by atoms with Crippen molar-refractivity contribution in [3.8, 4) is 0 Å². The van der Waals surface area contributed by atoms with Gasteiger partial charge in [-0.15, -0.1) is 11.3 Å². The molecule has 1 aromatic carbocycles. The largest absolute Gasteiger partial charge is 0.481 e. The third kappa shape index (κ3) is 2.42. The van der Waals surface area contributed by atoms with Crippen LogP contribution in [-0.2, 0) is 4.79 Å². The Kier molecular flexibility index (Phi) is 3.14. The monoisotopic (exact) mass is 259 g/mol. The van der Waals surface area contributed by atoms with Crippen molar-refractivity contribution in [2.75, 3.05) is 5.75 Å². The number of rotatable bonds is 3. The Bertz CT molecular complexity index is 512. The summed E-state index contributed by atoms with van der Waals surface area (Å²) in [6.45, 7) is 0. The Balaban J connectivity index is 2.31. The maximum atomic E-state index is 10.4. The summed E-state index contributed by atoms with van der Waals surface area (Å²) in [6, 6.07) is 5.49. The molecule has 2 aromatic rings. The molecule has 0 bridgehead atoms. The van der Waals surface area contributed by atoms with Gasteiger partial charge in [-0.1, -0.05) is 29.4 Å². The number of fused-ring (bicyclic) bond motifs is 1. The second-order valence-corrected chi connectivity index (χ2v) is 5.38. The zero-order chi connectivity index (χ0) is 10.8. The smallest absolute Gasteiger partial charge is 0.313 e. The van der Waals surface area contributed by atoms with Gasteiger partial charge in [-0.05, 0) is 12.1 Å². The second kappa shape index (κ2) is 4.38. The van der Waals surface area contributed by atoms with Crippen LogP contribution in [0.5, 0.6) is 0 Å². The molecule has 78 valence electrons. The molecule has 0 saturated heterocycles. The molecule has 0 atom stereocenters. The van der Waals surface area contributed by atoms with E-state index in [1.165, 1.54) is 23.1 Å². The predicted octanol–water partition coefficient (Wildman–Crippen LogP) is 3.13. The average molecular weight is 260 g/mol. The molecule has 1 aromatic heterocycles. The topological polar surface area (TPSA) is 50.2 Å². The van der Waals surface area contributed by atoms with E-state index in [-0.39, 0.29) is 5.75 Å². The molecular formula is C9H6ClNO2S2. The summed E-state index contributed by atoms with van der Waals surface area (Å²) in [6.07, 6.45) is 0. The summed E-state index contributed by atoms with van der Waals surface area (Å²) < 4.78 is 1.65. The molecule has 6 heteroatoms. The fraction of sp³-hybridized carbons (Fsp3) is 0.111. The summed E-state index contributed by atoms with van der Waals surface area (Å²) in [4.78, 5) is 14.7. The van der Waals surface area contributed by atoms with Gasteiger partial charge in [0.2, 0.25) is 0 Å². The molecule has 0 radical (unpaired) electrons. The van der Waals surface area contributed by atoms with E-state index in [4.69, 9.17) is 16.7 Å². The van der Waals surface area contributed by atoms with Gasteiger partial charge in [0, 0.05) is 0 Å². The van der Waals surface area contributed by atoms with Gasteiger partial charge in [0.1, 0.15) is 0 Å². The molecule has 2 rings (SSSR count). The van der Waals surface area contributed by atoms with Crippen LogP contribution < -0.4 is 0 Å². The lowest BCUT2D eigenvalue weighted by Crippen LogP contribution is -1.96. The van der Waals surface area contributed by atoms with Crippen molar-refractivity contribution < 1.29 is 9.90 Å². The normalized spacial score (nSPS) is 10.7. The van der Waals surface area contributed by atoms with Gasteiger partial charge in [-0.3, -0.25) is 4.79 Å². The van der Waals surface area contributed by atoms with Crippen LogP contribution in [0.1, 0.15) is 0 Å². The number of thioether (sulfide) groups is 1. The molecule has 0 aliphatic carbocycles. The van der Waals surface area contributed by atoms with Crippen LogP contribution in [0.3, 0.4) is 0 Å². The van der Waals surface area contributed by atoms with Gasteiger partial charge in [-0.2, -0.15) is 0 Å². The fourth-order valence-electron chi connectivity index (χ4n) is 1.08. The van der Waals surface area contributed by atoms with E-state index < -0.39 is 5.97 Å². The molecule has 0 amide bonds. The lowest BCUT2D eigenvalue weighted by atomic mass is 10.3. The minimum absolute atomic E-state index is 0.0252. The zero-order valence-electron chi connectivity index (χ0n) is 7.44. The molecular weight excluding hydrogens is 254 g/mol. The van der Waals surface area contributed by atoms with Gasteiger partial charge in [0.05, 0.1) is 21.0 Å². The standard InChI is InChI=1S/C9H6ClNO2S2/c10-5-2-1-3-6-8(5)15-9(11-6)14-4-7(12)13/h1-3H,4H2,(H,12,13). The van der Waals surface area contributed by atoms with Crippen molar-refractivity contribution in [2.24, 2.45) is 0 Å². The third-order valence-corrected chi connectivity index (χ3v) is 4.33. The first-order chi connectivity index (χ1) is 7.16. The maximum absolute atomic E-state index is 10.4. The van der Waals surface area contributed by atoms with Gasteiger partial charge >= 0.3 is 5.97 Å². The highest BCUT2D eigenvalue weighted by atomic mass is 35.5. The number of nitrogens with zero attached hydrogens (tertiary/aromatic N) is 1. The molecule has 0 fully saturated rings. The molecule has 0 saturated carbocycles. The Morgan fingerprint density at radius 3 is 3.07 bits per heavy atom. The van der Waals surface area contributed by atoms with Crippen molar-refractivity contribution in [2.45, 2.75) is 4.34 Å². The Labute approximate surface area is 99.1 Å². The number of thiazole rings is 1. The maximum Gasteiger partial charge on any atom is 0.313 e. The number of carboxylic acid groups (broad SMARTS) is 1. The number of aliphatic carboxylic acids is 1. The summed E-state index contributed by atoms with van der Waals surface area (Å²) in [7, 11) is 0. The minimum atomic E-state index is -0.842. The van der Waals surface area contributed by atoms with Gasteiger partial charge in [-0.25, -0.2) is 4.98 Å². The summed E-state index contributed by atoms with van der Waals surface area (Å²) in [5.41, 5.74) is 0.820. The highest BCUT2D eigenvalue weighted by Gasteiger charge is 2.08. The highest BCUT2D eigenvalue weighted by molar-refractivity contribution is 8.01. The number of hydrogen-bond donors (Lipinski definition) is 1. The number of hydrogen-bond acceptors (Lipinski definition) is 4. The first kappa shape index (κ1) is 10.7. The fourth-order valence-corrected chi connectivity index (χ4v) is 3.14. The van der Waals surface area contributed by atoms with Crippen molar-refractivity contribution in [3.63, 3.8) is 0 Å². The number of carbonyl (C=O) groups is 1. The third-order valence-electron chi connectivity index (χ3n) is 1.67. The van der Waals surface area contributed by atoms with E-state index in [1.54, 1.807) is 6.07 Å². The van der Waals surface area contributed by atoms with Crippen molar-refractivity contribution in [1.82, 2.24) is 4.98 Å². The molecule has 0 aliphatic rings. The lowest BCUT2D eigenvalue weighted by Gasteiger charge is -1.88. The van der Waals surface area contributed by atoms with E-state index in [9.17, 15) is 4.79 Å². The molecule has 0 unspecified atom stereocenters. The van der Waals surface area contributed by atoms with Crippen LogP contribution in [0, 0.1) is 0 Å². The molecule has 1 N–H and O–H groups in total. The summed E-state index contributed by atoms with van der Waals surface area (Å²) in [5, 5.41) is 9.19. The van der Waals surface area contributed by atoms with Gasteiger partial charge in [0.25, 0.3) is 0 Å². The van der Waals surface area contributed by atoms with Crippen LogP contribution in [0.2, 0.25) is 5.02 Å². The Morgan fingerprint density at radius 2 is 2.40 bits per heavy atom. The van der Waals surface area contributed by atoms with Crippen LogP contribution in [0.4, 0.5) is 0 Å². The quantitative estimate of drug-likeness (QED) is 0.861. The molecule has 0 spiro atoms. The van der Waals surface area contributed by atoms with Crippen LogP contribution in [0.25, 0.3) is 10.2 Å². The van der Waals surface area contributed by atoms with Gasteiger partial charge < -0.3 is 5.11 Å². The summed E-state index contributed by atoms with van der Waals surface area (Å²) in [5.74, 6) is -0.817. The SMILES string of the molecule is O=C(O)CSc1nc2cccc(Cl)c2s1. The molecule has 1 heterocycles. The first-order valence-corrected chi connectivity index (χ1v) is 6.24. The van der Waals surface area contributed by atoms with Crippen molar-refractivity contribution in [1.29, 1.82) is 0 Å². The number of carboxylic acids is 1. The van der Waals surface area contributed by atoms with E-state index in [2.05, 4.69) is 4.98 Å². The Hall–Kier alpha value is -0.780. The summed E-state index contributed by atoms with van der Waals surface area (Å²) >= 11 is 8.61. The van der Waals surface area contributed by atoms with E-state index in [0.717, 1.165) is 14.6 Å². The zero-order valence-corrected chi connectivity index (χ0v) is 9.83. The van der Waals surface area contributed by atoms with Crippen LogP contribution in [-0.4, -0.2) is 21.8 Å². The van der Waals surface area contributed by atoms with Crippen LogP contribution in [0.15, 0.2) is 22.5 Å². The van der Waals surface area contributed by atoms with Gasteiger partial charge in [0.15, 0.2) is 4.34 Å². The second-order valence-electron chi connectivity index (χ2n) is 2.75. The number of aromatic nitrogens is 1. The predicted molar refractivity (Wildman–Crippen MR) is 63.0 cm³/mol. The lowest BCUT2D eigenvalue weighted by molar-refractivity contribution is -0.133. The highest BCUT2D eigenvalue weighted by Crippen LogP contribution is 2.33. The number of halogens is 1. The van der Waals surface area contributed by atoms with Crippen LogP contribution >= 0.6 is 34.7 Å². The molecule has 3 nitrogen and oxygen atoms in total. The van der Waals surface area contributed by atoms with E-state index >= 15 is 0 Å². The Morgan fingerprint density at radius 1 is 1.60 bits per heavy atom. The molecule has 15 heavy (non-hydrogen) atoms. The average Bonchev–Trinajstić information content (AvgIpc) is 2.59. The number of benzene rings is 1. The minimum Gasteiger partial charge on any atom is -0.481 e. The first-order valence-electron chi connectivity index (χ1n) is 4.06. The van der Waals surface area contributed by atoms with E-state index in [1.807, 2.05) is 12.1 Å².